The third-order valence-electron chi connectivity index (χ3n) is 5.32. The molecule has 0 saturated heterocycles. The Morgan fingerprint density at radius 1 is 1.50 bits per heavy atom. The van der Waals surface area contributed by atoms with E-state index in [2.05, 4.69) is 52.7 Å². The van der Waals surface area contributed by atoms with Gasteiger partial charge in [0, 0.05) is 29.7 Å². The first-order chi connectivity index (χ1) is 11.6. The molecular weight excluding hydrogens is 302 g/mol. The van der Waals surface area contributed by atoms with Crippen LogP contribution in [0.3, 0.4) is 0 Å². The lowest BCUT2D eigenvalue weighted by molar-refractivity contribution is -0.126. The highest BCUT2D eigenvalue weighted by Crippen LogP contribution is 2.39. The quantitative estimate of drug-likeness (QED) is 0.802. The molecule has 2 heterocycles. The number of aliphatic hydroxyl groups is 1. The fraction of sp³-hybridized carbons (Fsp3) is 0.421. The SMILES string of the molecule is CC(CO)C(=O)NC1C=C2c3cccc4[nH]cc(c34)CC2N(C)C1. The van der Waals surface area contributed by atoms with E-state index in [0.29, 0.717) is 6.04 Å². The lowest BCUT2D eigenvalue weighted by Gasteiger charge is -2.40. The Hall–Kier alpha value is -2.11. The molecule has 4 rings (SSSR count). The zero-order valence-corrected chi connectivity index (χ0v) is 14.0. The molecule has 0 radical (unpaired) electrons. The van der Waals surface area contributed by atoms with Crippen molar-refractivity contribution < 1.29 is 9.90 Å². The number of hydrogen-bond acceptors (Lipinski definition) is 3. The second-order valence-electron chi connectivity index (χ2n) is 7.02. The summed E-state index contributed by atoms with van der Waals surface area (Å²) in [5, 5.41) is 13.5. The minimum absolute atomic E-state index is 0.0292. The van der Waals surface area contributed by atoms with Crippen LogP contribution in [-0.2, 0) is 11.2 Å². The van der Waals surface area contributed by atoms with Crippen molar-refractivity contribution in [1.82, 2.24) is 15.2 Å². The Balaban J connectivity index is 1.72. The van der Waals surface area contributed by atoms with E-state index in [-0.39, 0.29) is 24.5 Å². The van der Waals surface area contributed by atoms with Crippen molar-refractivity contribution in [2.24, 2.45) is 5.92 Å². The number of nitrogens with one attached hydrogen (secondary N) is 2. The number of carbonyl (C=O) groups is 1. The van der Waals surface area contributed by atoms with Crippen molar-refractivity contribution in [3.8, 4) is 0 Å². The number of nitrogens with zero attached hydrogens (tertiary/aromatic N) is 1. The summed E-state index contributed by atoms with van der Waals surface area (Å²) in [6.07, 6.45) is 5.32. The Bertz CT molecular complexity index is 823. The summed E-state index contributed by atoms with van der Waals surface area (Å²) in [5.41, 5.74) is 5.10. The number of aromatic amines is 1. The normalized spacial score (nSPS) is 24.4. The molecule has 0 saturated carbocycles. The maximum absolute atomic E-state index is 12.1. The molecule has 2 aliphatic rings. The maximum Gasteiger partial charge on any atom is 0.225 e. The van der Waals surface area contributed by atoms with Gasteiger partial charge in [-0.1, -0.05) is 25.1 Å². The van der Waals surface area contributed by atoms with E-state index in [1.165, 1.54) is 27.6 Å². The molecule has 24 heavy (non-hydrogen) atoms. The fourth-order valence-electron chi connectivity index (χ4n) is 3.95. The lowest BCUT2D eigenvalue weighted by atomic mass is 9.81. The standard InChI is InChI=1S/C19H23N3O2/c1-11(10-23)19(24)21-13-7-15-14-4-3-5-16-18(14)12(8-20-16)6-17(15)22(2)9-13/h3-5,7-8,11,13,17,20,23H,6,9-10H2,1-2H3,(H,21,24). The van der Waals surface area contributed by atoms with Gasteiger partial charge in [-0.15, -0.1) is 0 Å². The Labute approximate surface area is 141 Å². The van der Waals surface area contributed by atoms with Crippen LogP contribution in [0.5, 0.6) is 0 Å². The highest BCUT2D eigenvalue weighted by atomic mass is 16.3. The second-order valence-corrected chi connectivity index (χ2v) is 7.02. The smallest absolute Gasteiger partial charge is 0.225 e. The van der Waals surface area contributed by atoms with E-state index in [4.69, 9.17) is 0 Å². The molecule has 1 aromatic heterocycles. The van der Waals surface area contributed by atoms with Gasteiger partial charge in [0.05, 0.1) is 18.6 Å². The third kappa shape index (κ3) is 2.36. The predicted octanol–water partition coefficient (Wildman–Crippen LogP) is 1.53. The molecule has 3 unspecified atom stereocenters. The molecule has 5 heteroatoms. The van der Waals surface area contributed by atoms with Crippen molar-refractivity contribution in [2.45, 2.75) is 25.4 Å². The van der Waals surface area contributed by atoms with Crippen LogP contribution in [0.25, 0.3) is 16.5 Å². The molecule has 1 amide bonds. The van der Waals surface area contributed by atoms with Crippen LogP contribution in [0.1, 0.15) is 18.1 Å². The zero-order valence-electron chi connectivity index (χ0n) is 14.0. The largest absolute Gasteiger partial charge is 0.396 e. The number of rotatable bonds is 3. The Morgan fingerprint density at radius 2 is 2.33 bits per heavy atom. The lowest BCUT2D eigenvalue weighted by Crippen LogP contribution is -2.51. The number of H-pyrrole nitrogens is 1. The van der Waals surface area contributed by atoms with Crippen LogP contribution in [0.4, 0.5) is 0 Å². The number of aromatic nitrogens is 1. The molecule has 5 nitrogen and oxygen atoms in total. The van der Waals surface area contributed by atoms with Crippen LogP contribution in [0, 0.1) is 5.92 Å². The van der Waals surface area contributed by atoms with Crippen molar-refractivity contribution in [3.05, 3.63) is 41.6 Å². The van der Waals surface area contributed by atoms with Crippen molar-refractivity contribution in [2.75, 3.05) is 20.2 Å². The highest BCUT2D eigenvalue weighted by molar-refractivity contribution is 5.98. The molecule has 2 aromatic rings. The van der Waals surface area contributed by atoms with Crippen LogP contribution < -0.4 is 5.32 Å². The summed E-state index contributed by atoms with van der Waals surface area (Å²) in [6.45, 7) is 2.40. The van der Waals surface area contributed by atoms with Crippen molar-refractivity contribution in [1.29, 1.82) is 0 Å². The number of likely N-dealkylation sites (N-methyl/N-ethyl adjacent to an activating group) is 1. The molecule has 0 fully saturated rings. The first kappa shape index (κ1) is 15.4. The predicted molar refractivity (Wildman–Crippen MR) is 94.6 cm³/mol. The highest BCUT2D eigenvalue weighted by Gasteiger charge is 2.34. The van der Waals surface area contributed by atoms with Gasteiger partial charge in [-0.25, -0.2) is 0 Å². The fourth-order valence-corrected chi connectivity index (χ4v) is 3.95. The van der Waals surface area contributed by atoms with Gasteiger partial charge in [0.25, 0.3) is 0 Å². The van der Waals surface area contributed by atoms with Gasteiger partial charge in [0.15, 0.2) is 0 Å². The minimum atomic E-state index is -0.377. The molecule has 3 N–H and O–H groups in total. The van der Waals surface area contributed by atoms with E-state index >= 15 is 0 Å². The minimum Gasteiger partial charge on any atom is -0.396 e. The summed E-state index contributed by atoms with van der Waals surface area (Å²) in [6, 6.07) is 6.68. The second kappa shape index (κ2) is 5.76. The van der Waals surface area contributed by atoms with Crippen LogP contribution in [0.2, 0.25) is 0 Å². The van der Waals surface area contributed by atoms with Crippen LogP contribution in [0.15, 0.2) is 30.5 Å². The number of hydrogen-bond donors (Lipinski definition) is 3. The number of carbonyl (C=O) groups excluding carboxylic acids is 1. The monoisotopic (exact) mass is 325 g/mol. The molecule has 3 atom stereocenters. The average Bonchev–Trinajstić information content (AvgIpc) is 3.00. The molecule has 1 aromatic carbocycles. The summed E-state index contributed by atoms with van der Waals surface area (Å²) in [7, 11) is 2.12. The van der Waals surface area contributed by atoms with Crippen LogP contribution >= 0.6 is 0 Å². The van der Waals surface area contributed by atoms with Crippen molar-refractivity contribution >= 4 is 22.4 Å². The third-order valence-corrected chi connectivity index (χ3v) is 5.32. The van der Waals surface area contributed by atoms with Gasteiger partial charge in [-0.3, -0.25) is 9.69 Å². The molecule has 0 spiro atoms. The molecule has 1 aliphatic heterocycles. The van der Waals surface area contributed by atoms with Gasteiger partial charge in [-0.05, 0) is 36.2 Å². The summed E-state index contributed by atoms with van der Waals surface area (Å²) in [4.78, 5) is 17.8. The van der Waals surface area contributed by atoms with Gasteiger partial charge < -0.3 is 15.4 Å². The summed E-state index contributed by atoms with van der Waals surface area (Å²) < 4.78 is 0. The molecule has 1 aliphatic carbocycles. The number of benzene rings is 1. The van der Waals surface area contributed by atoms with Crippen LogP contribution in [-0.4, -0.2) is 53.2 Å². The Kier molecular flexibility index (Phi) is 3.70. The first-order valence-electron chi connectivity index (χ1n) is 8.51. The van der Waals surface area contributed by atoms with E-state index < -0.39 is 0 Å². The van der Waals surface area contributed by atoms with Gasteiger partial charge >= 0.3 is 0 Å². The Morgan fingerprint density at radius 3 is 3.12 bits per heavy atom. The molecular formula is C19H23N3O2. The molecule has 126 valence electrons. The molecule has 0 bridgehead atoms. The van der Waals surface area contributed by atoms with Gasteiger partial charge in [0.1, 0.15) is 0 Å². The summed E-state index contributed by atoms with van der Waals surface area (Å²) in [5.74, 6) is -0.472. The van der Waals surface area contributed by atoms with Gasteiger partial charge in [-0.2, -0.15) is 0 Å². The topological polar surface area (TPSA) is 68.4 Å². The summed E-state index contributed by atoms with van der Waals surface area (Å²) >= 11 is 0. The zero-order chi connectivity index (χ0) is 16.8. The number of fused-ring (bicyclic) bond motifs is 2. The van der Waals surface area contributed by atoms with E-state index in [9.17, 15) is 9.90 Å². The van der Waals surface area contributed by atoms with Crippen molar-refractivity contribution in [3.63, 3.8) is 0 Å². The van der Waals surface area contributed by atoms with E-state index in [1.807, 2.05) is 0 Å². The maximum atomic E-state index is 12.1. The average molecular weight is 325 g/mol. The first-order valence-corrected chi connectivity index (χ1v) is 8.51. The van der Waals surface area contributed by atoms with E-state index in [1.54, 1.807) is 6.92 Å². The van der Waals surface area contributed by atoms with Gasteiger partial charge in [0.2, 0.25) is 5.91 Å². The number of amides is 1. The number of aliphatic hydroxyl groups excluding tert-OH is 1. The van der Waals surface area contributed by atoms with E-state index in [0.717, 1.165) is 13.0 Å².